The lowest BCUT2D eigenvalue weighted by Crippen LogP contribution is -2.65. The third kappa shape index (κ3) is 9.05. The molecule has 0 spiro atoms. The lowest BCUT2D eigenvalue weighted by atomic mass is 9.96. The minimum Gasteiger partial charge on any atom is -0.462 e. The number of esters is 5. The summed E-state index contributed by atoms with van der Waals surface area (Å²) in [5, 5.41) is 13.1. The number of carbonyl (C=O) groups excluding carboxylic acids is 5. The van der Waals surface area contributed by atoms with Crippen LogP contribution in [0, 0.1) is 0 Å². The van der Waals surface area contributed by atoms with Gasteiger partial charge in [0, 0.05) is 6.20 Å². The number of ether oxygens (including phenoxy) is 6. The summed E-state index contributed by atoms with van der Waals surface area (Å²) in [5.41, 5.74) is -0.147. The third-order valence-corrected chi connectivity index (χ3v) is 6.95. The van der Waals surface area contributed by atoms with Gasteiger partial charge in [-0.25, -0.2) is 24.0 Å². The van der Waals surface area contributed by atoms with Gasteiger partial charge in [0.1, 0.15) is 6.10 Å². The summed E-state index contributed by atoms with van der Waals surface area (Å²) in [4.78, 5) is 65.4. The van der Waals surface area contributed by atoms with E-state index in [2.05, 4.69) is 5.32 Å². The van der Waals surface area contributed by atoms with E-state index in [1.807, 2.05) is 0 Å². The molecule has 1 aliphatic rings. The maximum Gasteiger partial charge on any atom is 0.347 e. The fourth-order valence-corrected chi connectivity index (χ4v) is 4.68. The highest BCUT2D eigenvalue weighted by Crippen LogP contribution is 2.30. The molecule has 0 radical (unpaired) electrons. The number of aliphatic hydroxyl groups is 1. The number of carbonyl (C=O) groups is 5. The van der Waals surface area contributed by atoms with Crippen LogP contribution in [0.2, 0.25) is 0 Å². The van der Waals surface area contributed by atoms with Crippen molar-refractivity contribution in [3.05, 3.63) is 119 Å². The molecule has 13 heteroatoms. The lowest BCUT2D eigenvalue weighted by molar-refractivity contribution is -0.233. The normalized spacial score (nSPS) is 19.9. The van der Waals surface area contributed by atoms with Crippen molar-refractivity contribution in [1.29, 1.82) is 0 Å². The second kappa shape index (κ2) is 17.4. The first-order valence-electron chi connectivity index (χ1n) is 15.1. The van der Waals surface area contributed by atoms with E-state index in [4.69, 9.17) is 28.4 Å². The Kier molecular flexibility index (Phi) is 12.8. The molecular weight excluding hydrogens is 626 g/mol. The molecule has 0 bridgehead atoms. The summed E-state index contributed by atoms with van der Waals surface area (Å²) in [6.07, 6.45) is -6.61. The van der Waals surface area contributed by atoms with Crippen LogP contribution in [-0.2, 0) is 38.0 Å². The van der Waals surface area contributed by atoms with Crippen LogP contribution in [0.5, 0.6) is 0 Å². The van der Waals surface area contributed by atoms with Gasteiger partial charge in [0.05, 0.1) is 36.5 Å². The van der Waals surface area contributed by atoms with E-state index in [1.54, 1.807) is 68.4 Å². The first kappa shape index (κ1) is 35.3. The molecule has 1 heterocycles. The Balaban J connectivity index is 1.79. The first-order chi connectivity index (χ1) is 23.3. The molecule has 0 amide bonds. The van der Waals surface area contributed by atoms with Gasteiger partial charge in [0.25, 0.3) is 0 Å². The van der Waals surface area contributed by atoms with Crippen LogP contribution in [0.15, 0.2) is 103 Å². The summed E-state index contributed by atoms with van der Waals surface area (Å²) >= 11 is 0. The predicted molar refractivity (Wildman–Crippen MR) is 167 cm³/mol. The lowest BCUT2D eigenvalue weighted by Gasteiger charge is -2.44. The van der Waals surface area contributed by atoms with Crippen LogP contribution in [0.4, 0.5) is 0 Å². The number of benzene rings is 3. The Morgan fingerprint density at radius 1 is 0.646 bits per heavy atom. The van der Waals surface area contributed by atoms with Crippen LogP contribution in [0.3, 0.4) is 0 Å². The van der Waals surface area contributed by atoms with Gasteiger partial charge in [-0.3, -0.25) is 0 Å². The Morgan fingerprint density at radius 3 is 1.44 bits per heavy atom. The van der Waals surface area contributed by atoms with Crippen molar-refractivity contribution >= 4 is 29.8 Å². The Bertz CT molecular complexity index is 1560. The fourth-order valence-electron chi connectivity index (χ4n) is 4.68. The zero-order valence-electron chi connectivity index (χ0n) is 26.2. The van der Waals surface area contributed by atoms with Crippen molar-refractivity contribution in [2.45, 2.75) is 44.5 Å². The smallest absolute Gasteiger partial charge is 0.347 e. The second-order valence-electron chi connectivity index (χ2n) is 10.2. The van der Waals surface area contributed by atoms with Gasteiger partial charge >= 0.3 is 29.8 Å². The molecule has 0 aromatic heterocycles. The van der Waals surface area contributed by atoms with Gasteiger partial charge in [0.15, 0.2) is 30.1 Å². The monoisotopic (exact) mass is 661 g/mol. The highest BCUT2D eigenvalue weighted by molar-refractivity contribution is 6.14. The van der Waals surface area contributed by atoms with Gasteiger partial charge in [-0.05, 0) is 50.2 Å². The standard InChI is InChI=1S/C35H35NO12/c1-3-43-34(41)25(35(42)44-4-2)20-36-30-29(48-33(40)24-18-12-7-13-19-24)28(47-32(39)23-16-10-6-11-17-23)27(26(21-37)45-30)46-31(38)22-14-8-5-9-15-22/h5-20,26-30,36-37H,3-4,21H2,1-2H3/t26-,27+,28+,29-,30-/m1/s1. The summed E-state index contributed by atoms with van der Waals surface area (Å²) in [5.74, 6) is -4.61. The number of nitrogens with one attached hydrogen (secondary N) is 1. The largest absolute Gasteiger partial charge is 0.462 e. The molecule has 5 atom stereocenters. The van der Waals surface area contributed by atoms with Gasteiger partial charge in [-0.2, -0.15) is 0 Å². The van der Waals surface area contributed by atoms with Crippen molar-refractivity contribution in [1.82, 2.24) is 5.32 Å². The average Bonchev–Trinajstić information content (AvgIpc) is 3.11. The molecule has 2 N–H and O–H groups in total. The molecule has 13 nitrogen and oxygen atoms in total. The number of hydrogen-bond acceptors (Lipinski definition) is 13. The molecule has 4 rings (SSSR count). The molecule has 1 saturated heterocycles. The van der Waals surface area contributed by atoms with Crippen LogP contribution in [0.25, 0.3) is 0 Å². The zero-order valence-corrected chi connectivity index (χ0v) is 26.2. The van der Waals surface area contributed by atoms with Crippen molar-refractivity contribution in [2.24, 2.45) is 0 Å². The van der Waals surface area contributed by atoms with Crippen molar-refractivity contribution in [3.63, 3.8) is 0 Å². The second-order valence-corrected chi connectivity index (χ2v) is 10.2. The summed E-state index contributed by atoms with van der Waals surface area (Å²) in [6.45, 7) is 2.24. The molecule has 48 heavy (non-hydrogen) atoms. The fraction of sp³-hybridized carbons (Fsp3) is 0.286. The van der Waals surface area contributed by atoms with E-state index in [0.717, 1.165) is 6.20 Å². The number of hydrogen-bond donors (Lipinski definition) is 2. The van der Waals surface area contributed by atoms with Crippen molar-refractivity contribution in [3.8, 4) is 0 Å². The first-order valence-corrected chi connectivity index (χ1v) is 15.1. The van der Waals surface area contributed by atoms with E-state index >= 15 is 0 Å². The predicted octanol–water partition coefficient (Wildman–Crippen LogP) is 2.98. The maximum absolute atomic E-state index is 13.4. The van der Waals surface area contributed by atoms with Crippen LogP contribution >= 0.6 is 0 Å². The Labute approximate surface area is 276 Å². The van der Waals surface area contributed by atoms with E-state index in [-0.39, 0.29) is 29.9 Å². The van der Waals surface area contributed by atoms with Crippen LogP contribution in [0.1, 0.15) is 44.9 Å². The third-order valence-electron chi connectivity index (χ3n) is 6.95. The molecule has 0 unspecified atom stereocenters. The molecule has 1 aliphatic heterocycles. The maximum atomic E-state index is 13.4. The van der Waals surface area contributed by atoms with E-state index in [9.17, 15) is 29.1 Å². The van der Waals surface area contributed by atoms with Crippen LogP contribution in [-0.4, -0.2) is 85.4 Å². The number of rotatable bonds is 13. The molecule has 3 aromatic rings. The molecule has 3 aromatic carbocycles. The number of aliphatic hydroxyl groups excluding tert-OH is 1. The van der Waals surface area contributed by atoms with Crippen LogP contribution < -0.4 is 5.32 Å². The van der Waals surface area contributed by atoms with E-state index in [0.29, 0.717) is 0 Å². The van der Waals surface area contributed by atoms with Gasteiger partial charge in [-0.15, -0.1) is 0 Å². The zero-order chi connectivity index (χ0) is 34.5. The molecule has 1 fully saturated rings. The van der Waals surface area contributed by atoms with Crippen molar-refractivity contribution < 1.29 is 57.5 Å². The van der Waals surface area contributed by atoms with E-state index in [1.165, 1.54) is 36.4 Å². The quantitative estimate of drug-likeness (QED) is 0.0901. The molecule has 0 saturated carbocycles. The topological polar surface area (TPSA) is 173 Å². The average molecular weight is 662 g/mol. The van der Waals surface area contributed by atoms with Gasteiger partial charge in [0.2, 0.25) is 0 Å². The van der Waals surface area contributed by atoms with Gasteiger partial charge < -0.3 is 38.8 Å². The minimum absolute atomic E-state index is 0.0502. The molecule has 252 valence electrons. The van der Waals surface area contributed by atoms with E-state index < -0.39 is 72.7 Å². The van der Waals surface area contributed by atoms with Gasteiger partial charge in [-0.1, -0.05) is 54.6 Å². The highest BCUT2D eigenvalue weighted by Gasteiger charge is 2.52. The highest BCUT2D eigenvalue weighted by atomic mass is 16.7. The molecular formula is C35H35NO12. The minimum atomic E-state index is -1.59. The van der Waals surface area contributed by atoms with Crippen molar-refractivity contribution in [2.75, 3.05) is 19.8 Å². The Morgan fingerprint density at radius 2 is 1.04 bits per heavy atom. The summed E-state index contributed by atoms with van der Waals surface area (Å²) < 4.78 is 33.5. The SMILES string of the molecule is CCOC(=O)C(=CN[C@@H]1O[C@H](CO)[C@H](OC(=O)c2ccccc2)[C@H](OC(=O)c2ccccc2)[C@H]1OC(=O)c1ccccc1)C(=O)OCC. The summed E-state index contributed by atoms with van der Waals surface area (Å²) in [7, 11) is 0. The Hall–Kier alpha value is -5.53. The summed E-state index contributed by atoms with van der Waals surface area (Å²) in [6, 6.07) is 23.7. The molecule has 0 aliphatic carbocycles.